The van der Waals surface area contributed by atoms with E-state index in [1.165, 1.54) is 79.0 Å². The molecule has 7 aliphatic rings. The summed E-state index contributed by atoms with van der Waals surface area (Å²) in [7, 11) is -15.6. The number of primary amides is 1. The first-order valence-corrected chi connectivity index (χ1v) is 47.4. The Morgan fingerprint density at radius 3 is 1.04 bits per heavy atom. The molecule has 0 spiro atoms. The van der Waals surface area contributed by atoms with Crippen molar-refractivity contribution in [2.45, 2.75) is 207 Å². The number of rotatable bonds is 22. The number of aromatic nitrogens is 5. The number of benzene rings is 6. The lowest BCUT2D eigenvalue weighted by Gasteiger charge is -2.41. The summed E-state index contributed by atoms with van der Waals surface area (Å²) < 4.78 is 256. The Hall–Kier alpha value is -12.4. The van der Waals surface area contributed by atoms with Crippen LogP contribution in [0.5, 0.6) is 5.75 Å². The Bertz CT molecular complexity index is 6730. The molecule has 17 rings (SSSR count). The minimum Gasteiger partial charge on any atom is -0.507 e. The lowest BCUT2D eigenvalue weighted by atomic mass is 9.85. The number of nitrogens with one attached hydrogen (secondary N) is 2. The quantitative estimate of drug-likeness (QED) is 0.0278. The monoisotopic (exact) mass is 1920 g/mol. The molecular weight excluding hydrogens is 1840 g/mol. The molecule has 6 fully saturated rings. The molecule has 4 aliphatic heterocycles. The van der Waals surface area contributed by atoms with Crippen LogP contribution in [-0.2, 0) is 64.1 Å². The molecule has 6 aromatic carbocycles. The molecule has 8 heterocycles. The fourth-order valence-electron chi connectivity index (χ4n) is 17.9. The maximum Gasteiger partial charge on any atom is 0.259 e. The first kappa shape index (κ1) is 96.2. The average Bonchev–Trinajstić information content (AvgIpc) is 0.765. The van der Waals surface area contributed by atoms with E-state index in [9.17, 15) is 117 Å². The second-order valence-corrected chi connectivity index (χ2v) is 39.4. The number of hydrogen-bond donors (Lipinski definition) is 4. The van der Waals surface area contributed by atoms with Gasteiger partial charge in [0.1, 0.15) is 23.9 Å². The summed E-state index contributed by atoms with van der Waals surface area (Å²) in [6.07, 6.45) is 22.9. The van der Waals surface area contributed by atoms with Crippen LogP contribution in [-0.4, -0.2) is 141 Å². The number of nitrogens with zero attached hydrogens (tertiary/aromatic N) is 10. The summed E-state index contributed by atoms with van der Waals surface area (Å²) in [5.74, 6) is -27.7. The van der Waals surface area contributed by atoms with Crippen LogP contribution < -0.4 is 31.3 Å². The lowest BCUT2D eigenvalue weighted by molar-refractivity contribution is -0.125. The molecule has 4 aromatic heterocycles. The van der Waals surface area contributed by atoms with Crippen molar-refractivity contribution in [1.82, 2.24) is 43.2 Å². The van der Waals surface area contributed by atoms with Crippen molar-refractivity contribution in [2.75, 3.05) is 34.3 Å². The number of pyridine rings is 3. The standard InChI is InChI=1S/C31H29F4N5O4S.C31H28F4N4O5S.C30H30F4N4O5S/c1-17-25(32)27(34)29(28(35)26(17)33)45(43,44)40-12-11-24(40)31(42)39(21-9-10-22-23(13-21)37-16-38-30(22)41)15-20-8-7-19(14-36-20)18-5-3-2-4-6-18;1-16-24(32)26(34)28(27(35)25(16)33)45(43,44)39-12-11-23(39)31(42)38(20-9-10-21-22(13-20)30(41)37-29(21)40)15-19-8-7-18(14-36-19)17-5-3-2-4-6-17;1-16-24(31)26(33)28(27(34)25(16)32)44(42,43)38-12-11-22(38)30(41)37(20-9-10-21(29(35)40)23(39)13-20)15-19-8-7-18(14-36-19)17-5-3-2-4-6-17/h7-10,13-14,16,18,24H,2-6,11-12,15H2,1H3,(H,37,38,41);7-10,13-14,17,23H,2-6,11-12,15H2,1H3,(H,37,40,41);7-10,13-14,17,22,39H,2-6,11-12,15H2,1H3,(H2,35,40)/t24-;23-;22-/m111/s1. The molecule has 3 aliphatic carbocycles. The molecule has 5 N–H and O–H groups in total. The summed E-state index contributed by atoms with van der Waals surface area (Å²) >= 11 is 0. The molecule has 0 bridgehead atoms. The van der Waals surface area contributed by atoms with Crippen LogP contribution in [0.4, 0.5) is 69.7 Å². The molecule has 6 amide bonds. The number of anilines is 3. The lowest BCUT2D eigenvalue weighted by Crippen LogP contribution is -2.59. The zero-order chi connectivity index (χ0) is 96.2. The number of aromatic hydroxyl groups is 1. The largest absolute Gasteiger partial charge is 0.507 e. The van der Waals surface area contributed by atoms with Gasteiger partial charge in [-0.25, -0.2) is 82.9 Å². The fourth-order valence-corrected chi connectivity index (χ4v) is 23.1. The van der Waals surface area contributed by atoms with Crippen LogP contribution in [0.1, 0.15) is 215 Å². The summed E-state index contributed by atoms with van der Waals surface area (Å²) in [6, 6.07) is 18.7. The van der Waals surface area contributed by atoms with Gasteiger partial charge in [-0.05, 0) is 180 Å². The average molecular weight is 1920 g/mol. The zero-order valence-corrected chi connectivity index (χ0v) is 74.4. The van der Waals surface area contributed by atoms with Gasteiger partial charge in [-0.2, -0.15) is 12.9 Å². The van der Waals surface area contributed by atoms with Gasteiger partial charge in [-0.3, -0.25) is 53.8 Å². The third-order valence-electron chi connectivity index (χ3n) is 25.9. The summed E-state index contributed by atoms with van der Waals surface area (Å²) in [5.41, 5.74) is 6.92. The first-order chi connectivity index (χ1) is 63.7. The van der Waals surface area contributed by atoms with Crippen molar-refractivity contribution in [1.29, 1.82) is 0 Å². The molecular formula is C92H87F12N13O14S3. The number of aromatic amines is 1. The molecule has 0 radical (unpaired) electrons. The maximum atomic E-state index is 14.8. The SMILES string of the molecule is Cc1c(F)c(F)c(S(=O)(=O)N2CC[C@@H]2C(=O)N(Cc2ccc(C3CCCCC3)cn2)c2ccc(C(N)=O)c(O)c2)c(F)c1F.Cc1c(F)c(F)c(S(=O)(=O)N2CC[C@@H]2C(=O)N(Cc2ccc(C3CCCCC3)cn2)c2ccc3c(=O)[nH]cnc3c2)c(F)c1F.Cc1c(F)c(F)c(S(=O)(=O)N2CC[C@@H]2C(=O)N(Cc2ccc(C3CCCCC3)cn2)c2ccc3c(c2)C(=O)NC3=O)c(F)c1F. The third kappa shape index (κ3) is 18.5. The number of fused-ring (bicyclic) bond motifs is 2. The molecule has 10 aromatic rings. The van der Waals surface area contributed by atoms with Gasteiger partial charge in [-0.15, -0.1) is 0 Å². The van der Waals surface area contributed by atoms with Gasteiger partial charge in [0.25, 0.3) is 23.3 Å². The van der Waals surface area contributed by atoms with Gasteiger partial charge in [-0.1, -0.05) is 76.0 Å². The highest BCUT2D eigenvalue weighted by molar-refractivity contribution is 7.89. The van der Waals surface area contributed by atoms with Gasteiger partial charge in [0.05, 0.1) is 70.6 Å². The number of carbonyl (C=O) groups is 6. The number of phenols is 1. The van der Waals surface area contributed by atoms with E-state index >= 15 is 0 Å². The Morgan fingerprint density at radius 1 is 0.403 bits per heavy atom. The van der Waals surface area contributed by atoms with Gasteiger partial charge < -0.3 is 30.5 Å². The highest BCUT2D eigenvalue weighted by Gasteiger charge is 2.52. The summed E-state index contributed by atoms with van der Waals surface area (Å²) in [5, 5.41) is 12.8. The normalized spacial score (nSPS) is 18.1. The molecule has 134 heavy (non-hydrogen) atoms. The number of halogens is 12. The van der Waals surface area contributed by atoms with Crippen LogP contribution >= 0.6 is 0 Å². The van der Waals surface area contributed by atoms with Crippen molar-refractivity contribution in [3.05, 3.63) is 263 Å². The molecule has 706 valence electrons. The summed E-state index contributed by atoms with van der Waals surface area (Å²) in [6.45, 7) is 0.783. The van der Waals surface area contributed by atoms with E-state index in [4.69, 9.17) is 5.73 Å². The minimum absolute atomic E-state index is 0.00346. The number of imide groups is 1. The molecule has 3 saturated carbocycles. The van der Waals surface area contributed by atoms with E-state index in [0.717, 1.165) is 130 Å². The molecule has 0 unspecified atom stereocenters. The molecule has 3 saturated heterocycles. The van der Waals surface area contributed by atoms with Gasteiger partial charge in [0, 0.05) is 78.0 Å². The molecule has 3 atom stereocenters. The predicted molar refractivity (Wildman–Crippen MR) is 461 cm³/mol. The van der Waals surface area contributed by atoms with E-state index < -0.39 is 196 Å². The Morgan fingerprint density at radius 2 is 0.724 bits per heavy atom. The molecule has 42 heteroatoms. The van der Waals surface area contributed by atoms with E-state index in [2.05, 4.69) is 30.2 Å². The van der Waals surface area contributed by atoms with Gasteiger partial charge >= 0.3 is 0 Å². The number of nitrogens with two attached hydrogens (primary N) is 1. The van der Waals surface area contributed by atoms with Crippen molar-refractivity contribution in [2.24, 2.45) is 5.73 Å². The van der Waals surface area contributed by atoms with Crippen molar-refractivity contribution >= 4 is 93.5 Å². The minimum atomic E-state index is -5.22. The number of H-pyrrole nitrogens is 1. The van der Waals surface area contributed by atoms with Crippen LogP contribution in [0.15, 0.2) is 135 Å². The van der Waals surface area contributed by atoms with E-state index in [1.807, 2.05) is 18.2 Å². The third-order valence-corrected chi connectivity index (χ3v) is 31.6. The van der Waals surface area contributed by atoms with Crippen molar-refractivity contribution in [3.8, 4) is 5.75 Å². The second-order valence-electron chi connectivity index (χ2n) is 33.9. The van der Waals surface area contributed by atoms with Crippen LogP contribution in [0, 0.1) is 90.6 Å². The smallest absolute Gasteiger partial charge is 0.259 e. The Labute approximate surface area is 760 Å². The highest BCUT2D eigenvalue weighted by Crippen LogP contribution is 2.43. The van der Waals surface area contributed by atoms with E-state index in [0.29, 0.717) is 47.8 Å². The van der Waals surface area contributed by atoms with Gasteiger partial charge in [0.15, 0.2) is 84.5 Å². The van der Waals surface area contributed by atoms with Crippen LogP contribution in [0.3, 0.4) is 0 Å². The Balaban J connectivity index is 0.000000153. The zero-order valence-electron chi connectivity index (χ0n) is 72.0. The topological polar surface area (TPSA) is 367 Å². The summed E-state index contributed by atoms with van der Waals surface area (Å²) in [4.78, 5) is 109. The number of hydrogen-bond acceptors (Lipinski definition) is 18. The van der Waals surface area contributed by atoms with Gasteiger partial charge in [0.2, 0.25) is 47.8 Å². The number of amides is 6. The highest BCUT2D eigenvalue weighted by atomic mass is 32.2. The predicted octanol–water partition coefficient (Wildman–Crippen LogP) is 14.9. The van der Waals surface area contributed by atoms with E-state index in [-0.39, 0.29) is 103 Å². The second kappa shape index (κ2) is 38.9. The Kier molecular flexibility index (Phi) is 27.9. The van der Waals surface area contributed by atoms with Crippen molar-refractivity contribution < 1.29 is 112 Å². The number of carbonyl (C=O) groups excluding carboxylic acids is 6. The van der Waals surface area contributed by atoms with Crippen LogP contribution in [0.2, 0.25) is 0 Å². The maximum absolute atomic E-state index is 14.8. The number of sulfonamides is 3. The fraction of sp³-hybridized carbons (Fsp3) is 0.359. The van der Waals surface area contributed by atoms with Crippen molar-refractivity contribution in [3.63, 3.8) is 0 Å². The van der Waals surface area contributed by atoms with E-state index in [1.54, 1.807) is 36.8 Å². The first-order valence-electron chi connectivity index (χ1n) is 43.1. The molecule has 27 nitrogen and oxygen atoms in total. The van der Waals surface area contributed by atoms with Crippen LogP contribution in [0.25, 0.3) is 10.9 Å².